The predicted molar refractivity (Wildman–Crippen MR) is 77.2 cm³/mol. The Morgan fingerprint density at radius 2 is 1.89 bits per heavy atom. The second kappa shape index (κ2) is 6.54. The minimum atomic E-state index is -0.611. The van der Waals surface area contributed by atoms with E-state index >= 15 is 0 Å². The number of carbonyl (C=O) groups is 2. The van der Waals surface area contributed by atoms with Crippen LogP contribution in [0.1, 0.15) is 20.8 Å². The lowest BCUT2D eigenvalue weighted by Crippen LogP contribution is -2.39. The molecule has 5 nitrogen and oxygen atoms in total. The minimum absolute atomic E-state index is 0.0253. The van der Waals surface area contributed by atoms with Gasteiger partial charge in [0.05, 0.1) is 16.8 Å². The first-order valence-electron chi connectivity index (χ1n) is 5.95. The first kappa shape index (κ1) is 15.5. The van der Waals surface area contributed by atoms with Crippen LogP contribution in [0.15, 0.2) is 18.2 Å². The Labute approximate surface area is 117 Å². The molecule has 0 heterocycles. The maximum absolute atomic E-state index is 11.9. The van der Waals surface area contributed by atoms with Crippen LogP contribution in [0.2, 0.25) is 5.02 Å². The molecule has 6 heteroatoms. The van der Waals surface area contributed by atoms with E-state index < -0.39 is 6.04 Å². The molecule has 0 saturated heterocycles. The summed E-state index contributed by atoms with van der Waals surface area (Å²) in [6.45, 7) is 5.13. The van der Waals surface area contributed by atoms with Crippen LogP contribution in [-0.4, -0.2) is 17.9 Å². The van der Waals surface area contributed by atoms with E-state index in [-0.39, 0.29) is 17.7 Å². The van der Waals surface area contributed by atoms with Crippen molar-refractivity contribution in [2.45, 2.75) is 26.8 Å². The van der Waals surface area contributed by atoms with Gasteiger partial charge >= 0.3 is 0 Å². The van der Waals surface area contributed by atoms with Crippen molar-refractivity contribution >= 4 is 34.8 Å². The van der Waals surface area contributed by atoms with Crippen LogP contribution in [0, 0.1) is 5.92 Å². The SMILES string of the molecule is CC(=O)Nc1ccc(Cl)c(NC(=O)[C@@H](N)C(C)C)c1. The minimum Gasteiger partial charge on any atom is -0.326 e. The van der Waals surface area contributed by atoms with E-state index in [1.165, 1.54) is 6.92 Å². The molecule has 0 fully saturated rings. The quantitative estimate of drug-likeness (QED) is 0.792. The molecule has 1 aromatic carbocycles. The maximum atomic E-state index is 11.9. The molecule has 1 rings (SSSR count). The summed E-state index contributed by atoms with van der Waals surface area (Å²) in [4.78, 5) is 22.8. The average molecular weight is 284 g/mol. The molecular weight excluding hydrogens is 266 g/mol. The zero-order valence-corrected chi connectivity index (χ0v) is 11.9. The van der Waals surface area contributed by atoms with Gasteiger partial charge in [-0.15, -0.1) is 0 Å². The van der Waals surface area contributed by atoms with Crippen molar-refractivity contribution in [1.82, 2.24) is 0 Å². The Kier molecular flexibility index (Phi) is 5.32. The number of hydrogen-bond donors (Lipinski definition) is 3. The van der Waals surface area contributed by atoms with E-state index in [4.69, 9.17) is 17.3 Å². The monoisotopic (exact) mass is 283 g/mol. The van der Waals surface area contributed by atoms with Gasteiger partial charge in [0, 0.05) is 12.6 Å². The van der Waals surface area contributed by atoms with E-state index in [2.05, 4.69) is 10.6 Å². The second-order valence-corrected chi connectivity index (χ2v) is 5.04. The second-order valence-electron chi connectivity index (χ2n) is 4.63. The van der Waals surface area contributed by atoms with Gasteiger partial charge in [0.2, 0.25) is 11.8 Å². The zero-order valence-electron chi connectivity index (χ0n) is 11.2. The van der Waals surface area contributed by atoms with Crippen molar-refractivity contribution in [3.8, 4) is 0 Å². The van der Waals surface area contributed by atoms with E-state index in [1.807, 2.05) is 13.8 Å². The smallest absolute Gasteiger partial charge is 0.241 e. The van der Waals surface area contributed by atoms with Gasteiger partial charge in [0.1, 0.15) is 0 Å². The zero-order chi connectivity index (χ0) is 14.6. The average Bonchev–Trinajstić information content (AvgIpc) is 2.31. The summed E-state index contributed by atoms with van der Waals surface area (Å²) in [5, 5.41) is 5.66. The summed E-state index contributed by atoms with van der Waals surface area (Å²) in [6.07, 6.45) is 0. The molecule has 0 saturated carbocycles. The molecule has 0 bridgehead atoms. The van der Waals surface area contributed by atoms with E-state index in [0.717, 1.165) is 0 Å². The van der Waals surface area contributed by atoms with Gasteiger partial charge < -0.3 is 16.4 Å². The lowest BCUT2D eigenvalue weighted by Gasteiger charge is -2.16. The van der Waals surface area contributed by atoms with Crippen LogP contribution in [-0.2, 0) is 9.59 Å². The Bertz CT molecular complexity index is 489. The van der Waals surface area contributed by atoms with E-state index in [9.17, 15) is 9.59 Å². The number of benzene rings is 1. The van der Waals surface area contributed by atoms with Crippen LogP contribution in [0.5, 0.6) is 0 Å². The highest BCUT2D eigenvalue weighted by Crippen LogP contribution is 2.25. The third kappa shape index (κ3) is 4.54. The number of nitrogens with one attached hydrogen (secondary N) is 2. The van der Waals surface area contributed by atoms with Crippen LogP contribution in [0.25, 0.3) is 0 Å². The predicted octanol–water partition coefficient (Wildman–Crippen LogP) is 2.22. The van der Waals surface area contributed by atoms with Gasteiger partial charge in [-0.25, -0.2) is 0 Å². The molecule has 0 aliphatic carbocycles. The highest BCUT2D eigenvalue weighted by atomic mass is 35.5. The van der Waals surface area contributed by atoms with Crippen LogP contribution < -0.4 is 16.4 Å². The molecule has 4 N–H and O–H groups in total. The third-order valence-corrected chi connectivity index (χ3v) is 2.90. The summed E-state index contributed by atoms with van der Waals surface area (Å²) in [7, 11) is 0. The molecule has 1 aromatic rings. The first-order valence-corrected chi connectivity index (χ1v) is 6.32. The number of carbonyl (C=O) groups excluding carboxylic acids is 2. The molecule has 0 unspecified atom stereocenters. The molecule has 0 aliphatic heterocycles. The Morgan fingerprint density at radius 1 is 1.26 bits per heavy atom. The molecule has 0 aliphatic rings. The van der Waals surface area contributed by atoms with Crippen molar-refractivity contribution in [1.29, 1.82) is 0 Å². The summed E-state index contributed by atoms with van der Waals surface area (Å²) in [6, 6.07) is 4.24. The third-order valence-electron chi connectivity index (χ3n) is 2.57. The lowest BCUT2D eigenvalue weighted by molar-refractivity contribution is -0.118. The first-order chi connectivity index (χ1) is 8.81. The molecule has 0 spiro atoms. The van der Waals surface area contributed by atoms with Crippen LogP contribution in [0.3, 0.4) is 0 Å². The van der Waals surface area contributed by atoms with Gasteiger partial charge in [-0.3, -0.25) is 9.59 Å². The van der Waals surface area contributed by atoms with Gasteiger partial charge in [-0.2, -0.15) is 0 Å². The fourth-order valence-corrected chi connectivity index (χ4v) is 1.59. The Hall–Kier alpha value is -1.59. The summed E-state index contributed by atoms with van der Waals surface area (Å²) < 4.78 is 0. The molecule has 0 radical (unpaired) electrons. The number of amides is 2. The van der Waals surface area contributed by atoms with E-state index in [0.29, 0.717) is 16.4 Å². The van der Waals surface area contributed by atoms with Crippen molar-refractivity contribution in [2.75, 3.05) is 10.6 Å². The highest BCUT2D eigenvalue weighted by Gasteiger charge is 2.18. The highest BCUT2D eigenvalue weighted by molar-refractivity contribution is 6.34. The van der Waals surface area contributed by atoms with Crippen molar-refractivity contribution in [3.63, 3.8) is 0 Å². The Balaban J connectivity index is 2.88. The molecule has 1 atom stereocenters. The fraction of sp³-hybridized carbons (Fsp3) is 0.385. The van der Waals surface area contributed by atoms with Crippen molar-refractivity contribution in [3.05, 3.63) is 23.2 Å². The summed E-state index contributed by atoms with van der Waals surface area (Å²) in [5.74, 6) is -0.479. The molecular formula is C13H18ClN3O2. The van der Waals surface area contributed by atoms with E-state index in [1.54, 1.807) is 18.2 Å². The largest absolute Gasteiger partial charge is 0.326 e. The van der Waals surface area contributed by atoms with Gasteiger partial charge in [0.15, 0.2) is 0 Å². The number of nitrogens with two attached hydrogens (primary N) is 1. The van der Waals surface area contributed by atoms with Crippen LogP contribution in [0.4, 0.5) is 11.4 Å². The molecule has 0 aromatic heterocycles. The number of anilines is 2. The van der Waals surface area contributed by atoms with Gasteiger partial charge in [0.25, 0.3) is 0 Å². The maximum Gasteiger partial charge on any atom is 0.241 e. The summed E-state index contributed by atoms with van der Waals surface area (Å²) in [5.41, 5.74) is 6.74. The Morgan fingerprint density at radius 3 is 2.42 bits per heavy atom. The number of halogens is 1. The molecule has 104 valence electrons. The topological polar surface area (TPSA) is 84.2 Å². The van der Waals surface area contributed by atoms with Gasteiger partial charge in [-0.1, -0.05) is 25.4 Å². The normalized spacial score (nSPS) is 12.1. The number of hydrogen-bond acceptors (Lipinski definition) is 3. The lowest BCUT2D eigenvalue weighted by atomic mass is 10.0. The standard InChI is InChI=1S/C13H18ClN3O2/c1-7(2)12(15)13(19)17-11-6-9(16-8(3)18)4-5-10(11)14/h4-7,12H,15H2,1-3H3,(H,16,18)(H,17,19)/t12-/m0/s1. The van der Waals surface area contributed by atoms with Crippen molar-refractivity contribution in [2.24, 2.45) is 11.7 Å². The van der Waals surface area contributed by atoms with Crippen molar-refractivity contribution < 1.29 is 9.59 Å². The summed E-state index contributed by atoms with van der Waals surface area (Å²) >= 11 is 5.99. The molecule has 19 heavy (non-hydrogen) atoms. The van der Waals surface area contributed by atoms with Gasteiger partial charge in [-0.05, 0) is 24.1 Å². The van der Waals surface area contributed by atoms with Crippen LogP contribution >= 0.6 is 11.6 Å². The molecule has 2 amide bonds. The number of rotatable bonds is 4. The fourth-order valence-electron chi connectivity index (χ4n) is 1.42.